The zero-order valence-electron chi connectivity index (χ0n) is 18.7. The SMILES string of the molecule is CNC(=O)C(C)N(Cc1cccc(OC)c1)C(=O)COc1ccc(C(C)(C)C)cc1. The van der Waals surface area contributed by atoms with Crippen molar-refractivity contribution in [2.24, 2.45) is 0 Å². The van der Waals surface area contributed by atoms with E-state index < -0.39 is 6.04 Å². The zero-order chi connectivity index (χ0) is 22.3. The molecule has 0 aliphatic carbocycles. The van der Waals surface area contributed by atoms with Crippen LogP contribution in [0.3, 0.4) is 0 Å². The average molecular weight is 413 g/mol. The molecule has 0 fully saturated rings. The third-order valence-electron chi connectivity index (χ3n) is 4.98. The molecule has 0 bridgehead atoms. The molecule has 2 aromatic carbocycles. The summed E-state index contributed by atoms with van der Waals surface area (Å²) in [6, 6.07) is 14.5. The predicted octanol–water partition coefficient (Wildman–Crippen LogP) is 3.53. The number of hydrogen-bond acceptors (Lipinski definition) is 4. The van der Waals surface area contributed by atoms with E-state index in [-0.39, 0.29) is 30.4 Å². The maximum atomic E-state index is 13.0. The second-order valence-electron chi connectivity index (χ2n) is 8.23. The minimum Gasteiger partial charge on any atom is -0.497 e. The van der Waals surface area contributed by atoms with Gasteiger partial charge in [-0.25, -0.2) is 0 Å². The van der Waals surface area contributed by atoms with Gasteiger partial charge in [0, 0.05) is 13.6 Å². The van der Waals surface area contributed by atoms with Crippen LogP contribution in [0.1, 0.15) is 38.8 Å². The monoisotopic (exact) mass is 412 g/mol. The molecule has 2 amide bonds. The summed E-state index contributed by atoms with van der Waals surface area (Å²) < 4.78 is 11.0. The Morgan fingerprint density at radius 2 is 1.73 bits per heavy atom. The number of hydrogen-bond donors (Lipinski definition) is 1. The minimum absolute atomic E-state index is 0.0465. The molecule has 0 aliphatic rings. The maximum Gasteiger partial charge on any atom is 0.261 e. The predicted molar refractivity (Wildman–Crippen MR) is 118 cm³/mol. The van der Waals surface area contributed by atoms with Gasteiger partial charge in [0.15, 0.2) is 6.61 Å². The fraction of sp³-hybridized carbons (Fsp3) is 0.417. The first-order valence-corrected chi connectivity index (χ1v) is 10.0. The lowest BCUT2D eigenvalue weighted by Gasteiger charge is -2.28. The van der Waals surface area contributed by atoms with E-state index in [4.69, 9.17) is 9.47 Å². The summed E-state index contributed by atoms with van der Waals surface area (Å²) in [6.45, 7) is 8.25. The molecule has 162 valence electrons. The Bertz CT molecular complexity index is 856. The van der Waals surface area contributed by atoms with Gasteiger partial charge in [-0.2, -0.15) is 0 Å². The van der Waals surface area contributed by atoms with E-state index in [1.165, 1.54) is 10.5 Å². The van der Waals surface area contributed by atoms with Crippen LogP contribution in [0.25, 0.3) is 0 Å². The van der Waals surface area contributed by atoms with Gasteiger partial charge >= 0.3 is 0 Å². The van der Waals surface area contributed by atoms with E-state index in [1.54, 1.807) is 21.1 Å². The summed E-state index contributed by atoms with van der Waals surface area (Å²) in [5.74, 6) is 0.808. The molecule has 2 aromatic rings. The van der Waals surface area contributed by atoms with Crippen molar-refractivity contribution >= 4 is 11.8 Å². The molecule has 0 saturated carbocycles. The third-order valence-corrected chi connectivity index (χ3v) is 4.98. The van der Waals surface area contributed by atoms with Crippen LogP contribution in [-0.4, -0.2) is 43.5 Å². The van der Waals surface area contributed by atoms with Crippen molar-refractivity contribution in [2.75, 3.05) is 20.8 Å². The van der Waals surface area contributed by atoms with Gasteiger partial charge < -0.3 is 19.7 Å². The highest BCUT2D eigenvalue weighted by atomic mass is 16.5. The van der Waals surface area contributed by atoms with E-state index in [1.807, 2.05) is 48.5 Å². The second-order valence-corrected chi connectivity index (χ2v) is 8.23. The van der Waals surface area contributed by atoms with Gasteiger partial charge in [-0.1, -0.05) is 45.0 Å². The number of likely N-dealkylation sites (N-methyl/N-ethyl adjacent to an activating group) is 1. The number of ether oxygens (including phenoxy) is 2. The Labute approximate surface area is 179 Å². The van der Waals surface area contributed by atoms with Gasteiger partial charge in [-0.3, -0.25) is 9.59 Å². The average Bonchev–Trinajstić information content (AvgIpc) is 2.74. The van der Waals surface area contributed by atoms with E-state index >= 15 is 0 Å². The molecular formula is C24H32N2O4. The maximum absolute atomic E-state index is 13.0. The van der Waals surface area contributed by atoms with Gasteiger partial charge in [0.25, 0.3) is 5.91 Å². The van der Waals surface area contributed by atoms with Crippen LogP contribution >= 0.6 is 0 Å². The fourth-order valence-corrected chi connectivity index (χ4v) is 3.04. The van der Waals surface area contributed by atoms with Crippen LogP contribution in [0.15, 0.2) is 48.5 Å². The number of nitrogens with zero attached hydrogens (tertiary/aromatic N) is 1. The fourth-order valence-electron chi connectivity index (χ4n) is 3.04. The third kappa shape index (κ3) is 6.24. The highest BCUT2D eigenvalue weighted by Crippen LogP contribution is 2.24. The molecule has 6 nitrogen and oxygen atoms in total. The highest BCUT2D eigenvalue weighted by molar-refractivity contribution is 5.87. The molecular weight excluding hydrogens is 380 g/mol. The molecule has 0 heterocycles. The Morgan fingerprint density at radius 1 is 1.07 bits per heavy atom. The largest absolute Gasteiger partial charge is 0.497 e. The normalized spacial score (nSPS) is 12.1. The van der Waals surface area contributed by atoms with Crippen LogP contribution < -0.4 is 14.8 Å². The number of rotatable bonds is 8. The van der Waals surface area contributed by atoms with Crippen molar-refractivity contribution in [1.82, 2.24) is 10.2 Å². The quantitative estimate of drug-likeness (QED) is 0.720. The highest BCUT2D eigenvalue weighted by Gasteiger charge is 2.26. The van der Waals surface area contributed by atoms with Crippen molar-refractivity contribution in [1.29, 1.82) is 0 Å². The van der Waals surface area contributed by atoms with Crippen LogP contribution in [0, 0.1) is 0 Å². The Balaban J connectivity index is 2.12. The minimum atomic E-state index is -0.638. The number of nitrogens with one attached hydrogen (secondary N) is 1. The van der Waals surface area contributed by atoms with Crippen LogP contribution in [0.5, 0.6) is 11.5 Å². The Hall–Kier alpha value is -3.02. The lowest BCUT2D eigenvalue weighted by Crippen LogP contribution is -2.48. The molecule has 0 spiro atoms. The first-order valence-electron chi connectivity index (χ1n) is 10.0. The van der Waals surface area contributed by atoms with Gasteiger partial charge in [0.2, 0.25) is 5.91 Å². The summed E-state index contributed by atoms with van der Waals surface area (Å²) in [7, 11) is 3.15. The molecule has 1 unspecified atom stereocenters. The molecule has 0 saturated heterocycles. The Morgan fingerprint density at radius 3 is 2.30 bits per heavy atom. The summed E-state index contributed by atoms with van der Waals surface area (Å²) in [4.78, 5) is 26.7. The molecule has 1 N–H and O–H groups in total. The summed E-state index contributed by atoms with van der Waals surface area (Å²) >= 11 is 0. The van der Waals surface area contributed by atoms with Crippen molar-refractivity contribution in [2.45, 2.75) is 45.7 Å². The van der Waals surface area contributed by atoms with E-state index in [0.29, 0.717) is 11.5 Å². The number of methoxy groups -OCH3 is 1. The Kier molecular flexibility index (Phi) is 7.86. The molecule has 6 heteroatoms. The smallest absolute Gasteiger partial charge is 0.261 e. The van der Waals surface area contributed by atoms with Gasteiger partial charge in [-0.15, -0.1) is 0 Å². The summed E-state index contributed by atoms with van der Waals surface area (Å²) in [5, 5.41) is 2.60. The van der Waals surface area contributed by atoms with Crippen molar-refractivity contribution in [3.8, 4) is 11.5 Å². The lowest BCUT2D eigenvalue weighted by molar-refractivity contribution is -0.142. The number of carbonyl (C=O) groups excluding carboxylic acids is 2. The molecule has 0 aliphatic heterocycles. The number of benzene rings is 2. The molecule has 30 heavy (non-hydrogen) atoms. The van der Waals surface area contributed by atoms with Gasteiger partial charge in [0.05, 0.1) is 7.11 Å². The van der Waals surface area contributed by atoms with Crippen molar-refractivity contribution in [3.05, 3.63) is 59.7 Å². The van der Waals surface area contributed by atoms with Crippen LogP contribution in [0.4, 0.5) is 0 Å². The van der Waals surface area contributed by atoms with Gasteiger partial charge in [0.1, 0.15) is 17.5 Å². The van der Waals surface area contributed by atoms with E-state index in [0.717, 1.165) is 5.56 Å². The zero-order valence-corrected chi connectivity index (χ0v) is 18.7. The first kappa shape index (κ1) is 23.3. The van der Waals surface area contributed by atoms with Crippen LogP contribution in [-0.2, 0) is 21.5 Å². The molecule has 0 radical (unpaired) electrons. The van der Waals surface area contributed by atoms with E-state index in [9.17, 15) is 9.59 Å². The lowest BCUT2D eigenvalue weighted by atomic mass is 9.87. The van der Waals surface area contributed by atoms with Crippen molar-refractivity contribution < 1.29 is 19.1 Å². The summed E-state index contributed by atoms with van der Waals surface area (Å²) in [5.41, 5.74) is 2.10. The van der Waals surface area contributed by atoms with Gasteiger partial charge in [-0.05, 0) is 47.7 Å². The van der Waals surface area contributed by atoms with Crippen molar-refractivity contribution in [3.63, 3.8) is 0 Å². The molecule has 1 atom stereocenters. The molecule has 2 rings (SSSR count). The first-order chi connectivity index (χ1) is 14.2. The standard InChI is InChI=1S/C24H32N2O4/c1-17(23(28)25-5)26(15-18-8-7-9-21(14-18)29-6)22(27)16-30-20-12-10-19(11-13-20)24(2,3)4/h7-14,17H,15-16H2,1-6H3,(H,25,28). The molecule has 0 aromatic heterocycles. The topological polar surface area (TPSA) is 67.9 Å². The van der Waals surface area contributed by atoms with Crippen LogP contribution in [0.2, 0.25) is 0 Å². The summed E-state index contributed by atoms with van der Waals surface area (Å²) in [6.07, 6.45) is 0. The number of amides is 2. The van der Waals surface area contributed by atoms with E-state index in [2.05, 4.69) is 26.1 Å². The second kappa shape index (κ2) is 10.1. The number of carbonyl (C=O) groups is 2.